The third-order valence-corrected chi connectivity index (χ3v) is 6.55. The van der Waals surface area contributed by atoms with E-state index in [0.29, 0.717) is 22.3 Å². The molecular weight excluding hydrogens is 426 g/mol. The molecule has 1 aliphatic rings. The van der Waals surface area contributed by atoms with Crippen LogP contribution in [0.5, 0.6) is 17.2 Å². The van der Waals surface area contributed by atoms with Gasteiger partial charge in [-0.25, -0.2) is 13.5 Å². The third kappa shape index (κ3) is 5.73. The Morgan fingerprint density at radius 3 is 2.16 bits per heavy atom. The maximum atomic E-state index is 12.9. The number of nitrogens with zero attached hydrogens (tertiary/aromatic N) is 1. The summed E-state index contributed by atoms with van der Waals surface area (Å²) in [7, 11) is -2.29. The molecule has 9 nitrogen and oxygen atoms in total. The van der Waals surface area contributed by atoms with Crippen LogP contribution in [0.3, 0.4) is 0 Å². The van der Waals surface area contributed by atoms with E-state index >= 15 is 0 Å². The van der Waals surface area contributed by atoms with Crippen molar-refractivity contribution >= 4 is 16.2 Å². The van der Waals surface area contributed by atoms with Crippen LogP contribution in [0.25, 0.3) is 0 Å². The molecule has 0 aromatic heterocycles. The summed E-state index contributed by atoms with van der Waals surface area (Å²) in [6.45, 7) is 3.39. The van der Waals surface area contributed by atoms with E-state index in [2.05, 4.69) is 0 Å². The van der Waals surface area contributed by atoms with Gasteiger partial charge in [0.15, 0.2) is 15.6 Å². The Morgan fingerprint density at radius 1 is 1.13 bits per heavy atom. The lowest BCUT2D eigenvalue weighted by molar-refractivity contribution is -0.182. The first-order chi connectivity index (χ1) is 14.6. The number of amides is 1. The fraction of sp³-hybridized carbons (Fsp3) is 0.381. The van der Waals surface area contributed by atoms with E-state index in [1.54, 1.807) is 45.2 Å². The normalized spacial score (nSPS) is 18.9. The van der Waals surface area contributed by atoms with Crippen molar-refractivity contribution in [1.29, 1.82) is 0 Å². The van der Waals surface area contributed by atoms with E-state index in [1.807, 2.05) is 0 Å². The van der Waals surface area contributed by atoms with Gasteiger partial charge in [0, 0.05) is 0 Å². The average molecular weight is 451 g/mol. The molecule has 1 heterocycles. The Bertz CT molecular complexity index is 989. The average Bonchev–Trinajstić information content (AvgIpc) is 3.12. The Morgan fingerprint density at radius 2 is 1.68 bits per heavy atom. The van der Waals surface area contributed by atoms with Crippen molar-refractivity contribution in [2.45, 2.75) is 36.7 Å². The van der Waals surface area contributed by atoms with Gasteiger partial charge in [0.25, 0.3) is 0 Å². The Labute approximate surface area is 181 Å². The predicted octanol–water partition coefficient (Wildman–Crippen LogP) is 2.63. The van der Waals surface area contributed by atoms with Gasteiger partial charge in [-0.3, -0.25) is 10.0 Å². The van der Waals surface area contributed by atoms with Crippen LogP contribution in [0.4, 0.5) is 0 Å². The van der Waals surface area contributed by atoms with Gasteiger partial charge >= 0.3 is 0 Å². The van der Waals surface area contributed by atoms with Gasteiger partial charge in [-0.1, -0.05) is 0 Å². The second-order valence-corrected chi connectivity index (χ2v) is 9.48. The first kappa shape index (κ1) is 23.0. The number of hydrogen-bond donors (Lipinski definition) is 1. The molecule has 2 aromatic carbocycles. The zero-order chi connectivity index (χ0) is 22.6. The van der Waals surface area contributed by atoms with Gasteiger partial charge in [0.2, 0.25) is 6.41 Å². The standard InChI is InChI=1S/C21H25NO8S/c1-21(2)28-12-20(30-21)19(22(24)14-23)13-31(25,26)18-10-8-17(9-11-18)29-16-6-4-15(27-3)5-7-16/h4-11,14,19-20,24H,12-13H2,1-3H3. The Hall–Kier alpha value is -2.66. The zero-order valence-corrected chi connectivity index (χ0v) is 18.2. The van der Waals surface area contributed by atoms with Crippen LogP contribution < -0.4 is 9.47 Å². The number of methoxy groups -OCH3 is 1. The fourth-order valence-electron chi connectivity index (χ4n) is 3.15. The summed E-state index contributed by atoms with van der Waals surface area (Å²) < 4.78 is 47.7. The molecule has 0 saturated carbocycles. The van der Waals surface area contributed by atoms with Gasteiger partial charge in [-0.05, 0) is 62.4 Å². The summed E-state index contributed by atoms with van der Waals surface area (Å²) >= 11 is 0. The number of rotatable bonds is 9. The number of hydrogen-bond acceptors (Lipinski definition) is 8. The van der Waals surface area contributed by atoms with Crippen molar-refractivity contribution < 1.29 is 37.4 Å². The van der Waals surface area contributed by atoms with E-state index < -0.39 is 33.5 Å². The molecule has 0 spiro atoms. The van der Waals surface area contributed by atoms with Crippen molar-refractivity contribution in [3.05, 3.63) is 48.5 Å². The van der Waals surface area contributed by atoms with E-state index in [1.165, 1.54) is 24.3 Å². The van der Waals surface area contributed by atoms with Crippen molar-refractivity contribution in [2.75, 3.05) is 19.5 Å². The van der Waals surface area contributed by atoms with Gasteiger partial charge in [-0.15, -0.1) is 0 Å². The summed E-state index contributed by atoms with van der Waals surface area (Å²) in [6.07, 6.45) is -0.640. The Balaban J connectivity index is 1.73. The molecule has 2 atom stereocenters. The lowest BCUT2D eigenvalue weighted by Crippen LogP contribution is -2.47. The van der Waals surface area contributed by atoms with E-state index in [4.69, 9.17) is 18.9 Å². The number of ether oxygens (including phenoxy) is 4. The number of carbonyl (C=O) groups excluding carboxylic acids is 1. The van der Waals surface area contributed by atoms with Gasteiger partial charge in [0.1, 0.15) is 29.4 Å². The molecule has 1 amide bonds. The van der Waals surface area contributed by atoms with E-state index in [9.17, 15) is 18.4 Å². The minimum absolute atomic E-state index is 0.0251. The van der Waals surface area contributed by atoms with Crippen molar-refractivity contribution in [3.8, 4) is 17.2 Å². The lowest BCUT2D eigenvalue weighted by Gasteiger charge is -2.27. The molecular formula is C21H25NO8S. The SMILES string of the molecule is COc1ccc(Oc2ccc(S(=O)(=O)CC(C3COC(C)(C)O3)N(O)C=O)cc2)cc1. The minimum atomic E-state index is -3.86. The van der Waals surface area contributed by atoms with Crippen LogP contribution in [0, 0.1) is 0 Å². The van der Waals surface area contributed by atoms with Crippen LogP contribution in [-0.2, 0) is 24.1 Å². The largest absolute Gasteiger partial charge is 0.497 e. The molecule has 0 aliphatic carbocycles. The number of carbonyl (C=O) groups is 1. The molecule has 31 heavy (non-hydrogen) atoms. The summed E-state index contributed by atoms with van der Waals surface area (Å²) in [6, 6.07) is 11.7. The van der Waals surface area contributed by atoms with Crippen molar-refractivity contribution in [3.63, 3.8) is 0 Å². The molecule has 1 saturated heterocycles. The third-order valence-electron chi connectivity index (χ3n) is 4.78. The van der Waals surface area contributed by atoms with Crippen LogP contribution in [0.15, 0.2) is 53.4 Å². The van der Waals surface area contributed by atoms with E-state index in [0.717, 1.165) is 0 Å². The number of benzene rings is 2. The minimum Gasteiger partial charge on any atom is -0.497 e. The maximum Gasteiger partial charge on any atom is 0.233 e. The second kappa shape index (κ2) is 9.23. The molecule has 168 valence electrons. The quantitative estimate of drug-likeness (QED) is 0.352. The lowest BCUT2D eigenvalue weighted by atomic mass is 10.2. The smallest absolute Gasteiger partial charge is 0.233 e. The van der Waals surface area contributed by atoms with Gasteiger partial charge < -0.3 is 18.9 Å². The van der Waals surface area contributed by atoms with Crippen LogP contribution in [0.1, 0.15) is 13.8 Å². The van der Waals surface area contributed by atoms with Crippen LogP contribution in [-0.4, -0.2) is 62.5 Å². The fourth-order valence-corrected chi connectivity index (χ4v) is 4.71. The Kier molecular flexibility index (Phi) is 6.85. The van der Waals surface area contributed by atoms with Crippen LogP contribution >= 0.6 is 0 Å². The van der Waals surface area contributed by atoms with Crippen molar-refractivity contribution in [2.24, 2.45) is 0 Å². The molecule has 1 N–H and O–H groups in total. The van der Waals surface area contributed by atoms with Gasteiger partial charge in [-0.2, -0.15) is 0 Å². The molecule has 10 heteroatoms. The highest BCUT2D eigenvalue weighted by molar-refractivity contribution is 7.91. The molecule has 0 radical (unpaired) electrons. The number of sulfone groups is 1. The summed E-state index contributed by atoms with van der Waals surface area (Å²) in [5, 5.41) is 10.3. The molecule has 2 unspecified atom stereocenters. The van der Waals surface area contributed by atoms with E-state index in [-0.39, 0.29) is 17.9 Å². The first-order valence-electron chi connectivity index (χ1n) is 9.52. The van der Waals surface area contributed by atoms with Crippen molar-refractivity contribution in [1.82, 2.24) is 5.06 Å². The summed E-state index contributed by atoms with van der Waals surface area (Å²) in [5.74, 6) is 0.240. The highest BCUT2D eigenvalue weighted by Gasteiger charge is 2.41. The summed E-state index contributed by atoms with van der Waals surface area (Å²) in [5.41, 5.74) is 0. The maximum absolute atomic E-state index is 12.9. The molecule has 2 aromatic rings. The molecule has 1 fully saturated rings. The molecule has 1 aliphatic heterocycles. The summed E-state index contributed by atoms with van der Waals surface area (Å²) in [4.78, 5) is 11.1. The molecule has 3 rings (SSSR count). The van der Waals surface area contributed by atoms with Crippen LogP contribution in [0.2, 0.25) is 0 Å². The topological polar surface area (TPSA) is 112 Å². The predicted molar refractivity (Wildman–Crippen MR) is 110 cm³/mol. The number of hydroxylamine groups is 2. The highest BCUT2D eigenvalue weighted by atomic mass is 32.2. The highest BCUT2D eigenvalue weighted by Crippen LogP contribution is 2.28. The zero-order valence-electron chi connectivity index (χ0n) is 17.4. The first-order valence-corrected chi connectivity index (χ1v) is 11.2. The van der Waals surface area contributed by atoms with Gasteiger partial charge in [0.05, 0.1) is 24.4 Å². The second-order valence-electron chi connectivity index (χ2n) is 7.45. The molecule has 0 bridgehead atoms. The monoisotopic (exact) mass is 451 g/mol.